The van der Waals surface area contributed by atoms with E-state index >= 15 is 0 Å². The maximum atomic E-state index is 11.8. The Morgan fingerprint density at radius 1 is 1.02 bits per heavy atom. The van der Waals surface area contributed by atoms with E-state index in [1.807, 2.05) is 20.8 Å². The second-order valence-electron chi connectivity index (χ2n) is 16.3. The number of carboxylic acid groups (broad SMARTS) is 1. The summed E-state index contributed by atoms with van der Waals surface area (Å²) in [7, 11) is 1.52. The molecule has 0 radical (unpaired) electrons. The van der Waals surface area contributed by atoms with Gasteiger partial charge >= 0.3 is 5.97 Å². The van der Waals surface area contributed by atoms with Gasteiger partial charge in [0.15, 0.2) is 11.6 Å². The monoisotopic (exact) mass is 670 g/mol. The molecule has 0 aromatic rings. The number of aliphatic hydroxyl groups excluding tert-OH is 2. The standard InChI is InChI=1S/C36H62O11/c1-10-34(31-20(3)16-26(43-31)28-19(2)15-21(4)36(41,18-37)46-28)12-11-27(44-34)33(8)13-14-35(47-33)17-25(38)22(5)30(45-35)23(6)29(42-9)24(7)32(39)40/h19-31,37-38,41H,10-18H2,1-9H3,(H,39,40)/t19-,20-,21+,22+,23-,24-,25-,26+,27+,28-,29+,30-,31-,33-,34-,35+,36-/m0/s1. The maximum absolute atomic E-state index is 11.8. The molecule has 0 aliphatic carbocycles. The predicted octanol–water partition coefficient (Wildman–Crippen LogP) is 4.27. The van der Waals surface area contributed by atoms with Crippen molar-refractivity contribution in [1.29, 1.82) is 0 Å². The van der Waals surface area contributed by atoms with Crippen LogP contribution >= 0.6 is 0 Å². The van der Waals surface area contributed by atoms with Crippen molar-refractivity contribution in [2.75, 3.05) is 13.7 Å². The van der Waals surface area contributed by atoms with Gasteiger partial charge in [-0.1, -0.05) is 41.5 Å². The van der Waals surface area contributed by atoms with Crippen molar-refractivity contribution in [1.82, 2.24) is 0 Å². The fourth-order valence-electron chi connectivity index (χ4n) is 9.91. The SMILES string of the molecule is CC[C@@]1([C@H]2O[C@@H]([C@H]3O[C@@](O)(CO)[C@H](C)C[C@@H]3C)C[C@@H]2C)CC[C@H]([C@]2(C)CC[C@]3(C[C@H](O)[C@@H](C)[C@@H]([C@@H](C)[C@@H](OC)[C@H](C)C(=O)O)O3)O2)O1. The van der Waals surface area contributed by atoms with Crippen molar-refractivity contribution in [3.63, 3.8) is 0 Å². The highest BCUT2D eigenvalue weighted by atomic mass is 16.7. The highest BCUT2D eigenvalue weighted by Gasteiger charge is 2.62. The van der Waals surface area contributed by atoms with E-state index in [1.54, 1.807) is 6.92 Å². The van der Waals surface area contributed by atoms with E-state index in [9.17, 15) is 25.2 Å². The van der Waals surface area contributed by atoms with Gasteiger partial charge in [0.1, 0.15) is 0 Å². The molecule has 5 heterocycles. The van der Waals surface area contributed by atoms with Crippen molar-refractivity contribution in [2.45, 2.75) is 172 Å². The fraction of sp³-hybridized carbons (Fsp3) is 0.972. The molecule has 47 heavy (non-hydrogen) atoms. The van der Waals surface area contributed by atoms with Gasteiger partial charge in [-0.25, -0.2) is 0 Å². The fourth-order valence-corrected chi connectivity index (χ4v) is 9.91. The Bertz CT molecular complexity index is 1110. The lowest BCUT2D eigenvalue weighted by Gasteiger charge is -2.49. The zero-order chi connectivity index (χ0) is 34.7. The van der Waals surface area contributed by atoms with Crippen molar-refractivity contribution < 1.29 is 53.6 Å². The molecule has 4 N–H and O–H groups in total. The van der Waals surface area contributed by atoms with E-state index in [4.69, 9.17) is 28.4 Å². The second-order valence-corrected chi connectivity index (χ2v) is 16.3. The van der Waals surface area contributed by atoms with Gasteiger partial charge in [0.2, 0.25) is 0 Å². The summed E-state index contributed by atoms with van der Waals surface area (Å²) in [5.41, 5.74) is -1.15. The summed E-state index contributed by atoms with van der Waals surface area (Å²) in [5, 5.41) is 41.8. The minimum Gasteiger partial charge on any atom is -0.481 e. The van der Waals surface area contributed by atoms with Gasteiger partial charge in [-0.15, -0.1) is 0 Å². The minimum atomic E-state index is -1.56. The van der Waals surface area contributed by atoms with Gasteiger partial charge in [0.05, 0.1) is 66.5 Å². The first kappa shape index (κ1) is 37.4. The molecule has 5 saturated heterocycles. The van der Waals surface area contributed by atoms with Crippen molar-refractivity contribution >= 4 is 5.97 Å². The van der Waals surface area contributed by atoms with Crippen LogP contribution in [0.1, 0.15) is 107 Å². The summed E-state index contributed by atoms with van der Waals surface area (Å²) in [4.78, 5) is 11.8. The third-order valence-corrected chi connectivity index (χ3v) is 13.0. The third-order valence-electron chi connectivity index (χ3n) is 13.0. The lowest BCUT2D eigenvalue weighted by molar-refractivity contribution is -0.336. The van der Waals surface area contributed by atoms with E-state index in [2.05, 4.69) is 27.7 Å². The normalized spacial score (nSPS) is 50.9. The number of carbonyl (C=O) groups is 1. The molecule has 0 bridgehead atoms. The van der Waals surface area contributed by atoms with Crippen LogP contribution in [0.25, 0.3) is 0 Å². The van der Waals surface area contributed by atoms with E-state index in [-0.39, 0.29) is 54.0 Å². The van der Waals surface area contributed by atoms with E-state index in [1.165, 1.54) is 7.11 Å². The molecule has 0 saturated carbocycles. The number of aliphatic carboxylic acids is 1. The average Bonchev–Trinajstić information content (AvgIpc) is 3.73. The first-order chi connectivity index (χ1) is 22.0. The van der Waals surface area contributed by atoms with Gasteiger partial charge in [0, 0.05) is 37.7 Å². The number of hydrogen-bond donors (Lipinski definition) is 4. The molecule has 0 aromatic heterocycles. The number of carboxylic acids is 1. The van der Waals surface area contributed by atoms with Crippen molar-refractivity contribution in [3.05, 3.63) is 0 Å². The van der Waals surface area contributed by atoms with Crippen LogP contribution < -0.4 is 0 Å². The maximum Gasteiger partial charge on any atom is 0.308 e. The predicted molar refractivity (Wildman–Crippen MR) is 172 cm³/mol. The lowest BCUT2D eigenvalue weighted by Crippen LogP contribution is -2.57. The number of hydrogen-bond acceptors (Lipinski definition) is 10. The summed E-state index contributed by atoms with van der Waals surface area (Å²) in [6, 6.07) is 0. The Labute approximate surface area is 281 Å². The molecule has 17 atom stereocenters. The Morgan fingerprint density at radius 3 is 2.34 bits per heavy atom. The first-order valence-electron chi connectivity index (χ1n) is 18.1. The van der Waals surface area contributed by atoms with Crippen LogP contribution in [-0.4, -0.2) is 106 Å². The molecule has 0 aromatic carbocycles. The van der Waals surface area contributed by atoms with Gasteiger partial charge in [0.25, 0.3) is 0 Å². The van der Waals surface area contributed by atoms with Crippen LogP contribution in [0.5, 0.6) is 0 Å². The van der Waals surface area contributed by atoms with Crippen LogP contribution in [0.15, 0.2) is 0 Å². The highest BCUT2D eigenvalue weighted by Crippen LogP contribution is 2.55. The van der Waals surface area contributed by atoms with Gasteiger partial charge in [-0.2, -0.15) is 0 Å². The van der Waals surface area contributed by atoms with Crippen LogP contribution in [0, 0.1) is 35.5 Å². The Balaban J connectivity index is 1.29. The Hall–Kier alpha value is -0.890. The lowest BCUT2D eigenvalue weighted by atomic mass is 9.78. The summed E-state index contributed by atoms with van der Waals surface area (Å²) in [6.07, 6.45) is 2.99. The quantitative estimate of drug-likeness (QED) is 0.264. The molecule has 5 aliphatic rings. The molecule has 5 aliphatic heterocycles. The van der Waals surface area contributed by atoms with Crippen LogP contribution in [0.4, 0.5) is 0 Å². The van der Waals surface area contributed by atoms with Crippen LogP contribution in [0.2, 0.25) is 0 Å². The summed E-state index contributed by atoms with van der Waals surface area (Å²) >= 11 is 0. The summed E-state index contributed by atoms with van der Waals surface area (Å²) in [5.74, 6) is -4.52. The minimum absolute atomic E-state index is 0.153. The molecule has 11 nitrogen and oxygen atoms in total. The molecule has 5 fully saturated rings. The number of ether oxygens (including phenoxy) is 6. The molecular weight excluding hydrogens is 608 g/mol. The molecule has 11 heteroatoms. The van der Waals surface area contributed by atoms with E-state index in [0.717, 1.165) is 32.1 Å². The zero-order valence-electron chi connectivity index (χ0n) is 30.0. The van der Waals surface area contributed by atoms with Gasteiger partial charge < -0.3 is 48.8 Å². The van der Waals surface area contributed by atoms with Gasteiger partial charge in [-0.05, 0) is 64.2 Å². The van der Waals surface area contributed by atoms with Crippen LogP contribution in [0.3, 0.4) is 0 Å². The molecule has 0 amide bonds. The number of aliphatic hydroxyl groups is 3. The molecule has 272 valence electrons. The number of methoxy groups -OCH3 is 1. The molecular formula is C36H62O11. The topological polar surface area (TPSA) is 153 Å². The van der Waals surface area contributed by atoms with E-state index in [0.29, 0.717) is 19.3 Å². The van der Waals surface area contributed by atoms with Crippen LogP contribution in [-0.2, 0) is 33.2 Å². The molecule has 5 rings (SSSR count). The molecule has 0 unspecified atom stereocenters. The van der Waals surface area contributed by atoms with E-state index < -0.39 is 59.6 Å². The largest absolute Gasteiger partial charge is 0.481 e. The Morgan fingerprint density at radius 2 is 1.72 bits per heavy atom. The molecule has 1 spiro atoms. The Kier molecular flexibility index (Phi) is 10.9. The summed E-state index contributed by atoms with van der Waals surface area (Å²) in [6.45, 7) is 15.6. The zero-order valence-corrected chi connectivity index (χ0v) is 30.0. The third kappa shape index (κ3) is 6.67. The average molecular weight is 671 g/mol. The summed E-state index contributed by atoms with van der Waals surface area (Å²) < 4.78 is 39.4. The second kappa shape index (κ2) is 13.7. The van der Waals surface area contributed by atoms with Crippen molar-refractivity contribution in [2.24, 2.45) is 35.5 Å². The van der Waals surface area contributed by atoms with Crippen molar-refractivity contribution in [3.8, 4) is 0 Å². The number of rotatable bonds is 10. The highest BCUT2D eigenvalue weighted by molar-refractivity contribution is 5.70. The smallest absolute Gasteiger partial charge is 0.308 e. The first-order valence-corrected chi connectivity index (χ1v) is 18.1. The van der Waals surface area contributed by atoms with Gasteiger partial charge in [-0.3, -0.25) is 4.79 Å².